The number of rotatable bonds is 3. The molecule has 1 aromatic heterocycles. The van der Waals surface area contributed by atoms with E-state index in [1.165, 1.54) is 11.1 Å². The number of amides is 2. The van der Waals surface area contributed by atoms with Crippen LogP contribution >= 0.6 is 0 Å². The van der Waals surface area contributed by atoms with Gasteiger partial charge in [0.1, 0.15) is 5.69 Å². The van der Waals surface area contributed by atoms with Gasteiger partial charge in [0.2, 0.25) is 5.91 Å². The molecule has 188 valence electrons. The van der Waals surface area contributed by atoms with E-state index in [0.717, 1.165) is 32.4 Å². The lowest BCUT2D eigenvalue weighted by Gasteiger charge is -2.40. The zero-order valence-corrected chi connectivity index (χ0v) is 19.6. The van der Waals surface area contributed by atoms with E-state index in [1.54, 1.807) is 17.2 Å². The molecule has 7 nitrogen and oxygen atoms in total. The SMILES string of the molecule is CN(C)C(=O)CC1CC2(CCN(C(=O)c3ccccn3)CC2)c2ccccc21.O=C(O)C(F)(F)F. The summed E-state index contributed by atoms with van der Waals surface area (Å²) >= 11 is 0. The number of nitrogens with zero attached hydrogens (tertiary/aromatic N) is 3. The fourth-order valence-electron chi connectivity index (χ4n) is 4.87. The Kier molecular flexibility index (Phi) is 7.82. The number of aliphatic carboxylic acids is 1. The second-order valence-electron chi connectivity index (χ2n) is 9.07. The molecule has 35 heavy (non-hydrogen) atoms. The Labute approximate surface area is 201 Å². The van der Waals surface area contributed by atoms with Gasteiger partial charge in [-0.1, -0.05) is 30.3 Å². The van der Waals surface area contributed by atoms with E-state index in [4.69, 9.17) is 9.90 Å². The number of hydrogen-bond donors (Lipinski definition) is 1. The molecule has 1 fully saturated rings. The van der Waals surface area contributed by atoms with E-state index >= 15 is 0 Å². The van der Waals surface area contributed by atoms with Gasteiger partial charge in [0.15, 0.2) is 0 Å². The molecule has 0 radical (unpaired) electrons. The predicted octanol–water partition coefficient (Wildman–Crippen LogP) is 3.85. The van der Waals surface area contributed by atoms with E-state index in [9.17, 15) is 22.8 Å². The molecule has 2 heterocycles. The first-order valence-corrected chi connectivity index (χ1v) is 11.2. The predicted molar refractivity (Wildman–Crippen MR) is 122 cm³/mol. The Bertz CT molecular complexity index is 1070. The number of benzene rings is 1. The summed E-state index contributed by atoms with van der Waals surface area (Å²) < 4.78 is 31.7. The number of halogens is 3. The fraction of sp³-hybridized carbons (Fsp3) is 0.440. The van der Waals surface area contributed by atoms with E-state index in [2.05, 4.69) is 29.2 Å². The first kappa shape index (κ1) is 26.2. The van der Waals surface area contributed by atoms with Crippen molar-refractivity contribution in [2.24, 2.45) is 0 Å². The summed E-state index contributed by atoms with van der Waals surface area (Å²) in [4.78, 5) is 41.8. The number of fused-ring (bicyclic) bond motifs is 2. The van der Waals surface area contributed by atoms with Gasteiger partial charge in [-0.3, -0.25) is 14.6 Å². The van der Waals surface area contributed by atoms with Crippen LogP contribution in [0, 0.1) is 0 Å². The number of aromatic nitrogens is 1. The van der Waals surface area contributed by atoms with Crippen molar-refractivity contribution < 1.29 is 32.7 Å². The summed E-state index contributed by atoms with van der Waals surface area (Å²) in [5.41, 5.74) is 3.30. The lowest BCUT2D eigenvalue weighted by molar-refractivity contribution is -0.192. The third-order valence-electron chi connectivity index (χ3n) is 6.66. The largest absolute Gasteiger partial charge is 0.490 e. The first-order chi connectivity index (χ1) is 16.4. The number of carbonyl (C=O) groups is 3. The van der Waals surface area contributed by atoms with E-state index in [-0.39, 0.29) is 23.1 Å². The smallest absolute Gasteiger partial charge is 0.475 e. The van der Waals surface area contributed by atoms with Crippen molar-refractivity contribution in [3.63, 3.8) is 0 Å². The number of alkyl halides is 3. The summed E-state index contributed by atoms with van der Waals surface area (Å²) in [7, 11) is 3.64. The maximum Gasteiger partial charge on any atom is 0.490 e. The molecule has 0 bridgehead atoms. The summed E-state index contributed by atoms with van der Waals surface area (Å²) in [6.07, 6.45) is 0.0165. The van der Waals surface area contributed by atoms with Crippen molar-refractivity contribution in [1.29, 1.82) is 0 Å². The third kappa shape index (κ3) is 5.98. The lowest BCUT2D eigenvalue weighted by Crippen LogP contribution is -2.44. The minimum absolute atomic E-state index is 0.0149. The number of pyridine rings is 1. The summed E-state index contributed by atoms with van der Waals surface area (Å²) in [5.74, 6) is -2.29. The summed E-state index contributed by atoms with van der Waals surface area (Å²) in [6.45, 7) is 1.47. The van der Waals surface area contributed by atoms with Crippen molar-refractivity contribution in [2.45, 2.75) is 43.2 Å². The molecule has 2 aromatic rings. The van der Waals surface area contributed by atoms with Crippen LogP contribution in [-0.4, -0.2) is 71.0 Å². The van der Waals surface area contributed by atoms with E-state index in [1.807, 2.05) is 31.1 Å². The molecule has 2 aliphatic rings. The molecule has 1 aliphatic carbocycles. The van der Waals surface area contributed by atoms with Crippen LogP contribution in [0.3, 0.4) is 0 Å². The molecule has 1 aliphatic heterocycles. The maximum atomic E-state index is 12.7. The lowest BCUT2D eigenvalue weighted by atomic mass is 9.73. The van der Waals surface area contributed by atoms with Gasteiger partial charge in [-0.2, -0.15) is 13.2 Å². The van der Waals surface area contributed by atoms with Gasteiger partial charge in [-0.15, -0.1) is 0 Å². The van der Waals surface area contributed by atoms with Crippen molar-refractivity contribution >= 4 is 17.8 Å². The number of carboxylic acid groups (broad SMARTS) is 1. The molecule has 4 rings (SSSR count). The minimum Gasteiger partial charge on any atom is -0.475 e. The zero-order valence-electron chi connectivity index (χ0n) is 19.6. The third-order valence-corrected chi connectivity index (χ3v) is 6.66. The number of carboxylic acids is 1. The molecular formula is C25H28F3N3O4. The van der Waals surface area contributed by atoms with Gasteiger partial charge in [0.05, 0.1) is 0 Å². The first-order valence-electron chi connectivity index (χ1n) is 11.2. The Morgan fingerprint density at radius 1 is 1.09 bits per heavy atom. The highest BCUT2D eigenvalue weighted by Crippen LogP contribution is 2.52. The van der Waals surface area contributed by atoms with Gasteiger partial charge in [0, 0.05) is 39.8 Å². The Morgan fingerprint density at radius 3 is 2.23 bits per heavy atom. The van der Waals surface area contributed by atoms with Crippen LogP contribution in [0.15, 0.2) is 48.7 Å². The standard InChI is InChI=1S/C23H27N3O2.C2HF3O2/c1-25(2)21(27)15-17-16-23(19-8-4-3-7-18(17)19)10-13-26(14-11-23)22(28)20-9-5-6-12-24-20;3-2(4,5)1(6)7/h3-9,12,17H,10-11,13-16H2,1-2H3;(H,6,7). The van der Waals surface area contributed by atoms with Gasteiger partial charge in [-0.25, -0.2) is 4.79 Å². The summed E-state index contributed by atoms with van der Waals surface area (Å²) in [5, 5.41) is 7.12. The van der Waals surface area contributed by atoms with Gasteiger partial charge >= 0.3 is 12.1 Å². The topological polar surface area (TPSA) is 90.8 Å². The van der Waals surface area contributed by atoms with Crippen LogP contribution in [0.1, 0.15) is 53.2 Å². The van der Waals surface area contributed by atoms with Gasteiger partial charge < -0.3 is 14.9 Å². The summed E-state index contributed by atoms with van der Waals surface area (Å²) in [6, 6.07) is 14.0. The zero-order chi connectivity index (χ0) is 25.8. The van der Waals surface area contributed by atoms with Crippen LogP contribution in [0.25, 0.3) is 0 Å². The van der Waals surface area contributed by atoms with E-state index in [0.29, 0.717) is 12.1 Å². The number of carbonyl (C=O) groups excluding carboxylic acids is 2. The number of hydrogen-bond acceptors (Lipinski definition) is 4. The molecule has 1 unspecified atom stereocenters. The minimum atomic E-state index is -5.08. The van der Waals surface area contributed by atoms with Crippen LogP contribution in [0.4, 0.5) is 13.2 Å². The number of piperidine rings is 1. The van der Waals surface area contributed by atoms with Crippen molar-refractivity contribution in [1.82, 2.24) is 14.8 Å². The molecule has 1 N–H and O–H groups in total. The molecular weight excluding hydrogens is 463 g/mol. The van der Waals surface area contributed by atoms with Gasteiger partial charge in [0.25, 0.3) is 5.91 Å². The Hall–Kier alpha value is -3.43. The highest BCUT2D eigenvalue weighted by molar-refractivity contribution is 5.92. The molecule has 1 spiro atoms. The molecule has 0 saturated carbocycles. The molecule has 1 aromatic carbocycles. The maximum absolute atomic E-state index is 12.7. The van der Waals surface area contributed by atoms with Crippen LogP contribution in [0.5, 0.6) is 0 Å². The highest BCUT2D eigenvalue weighted by Gasteiger charge is 2.46. The molecule has 1 atom stereocenters. The fourth-order valence-corrected chi connectivity index (χ4v) is 4.87. The van der Waals surface area contributed by atoms with Gasteiger partial charge in [-0.05, 0) is 53.9 Å². The average Bonchev–Trinajstić information content (AvgIpc) is 3.12. The normalized spacial score (nSPS) is 18.3. The quantitative estimate of drug-likeness (QED) is 0.704. The van der Waals surface area contributed by atoms with Crippen molar-refractivity contribution in [2.75, 3.05) is 27.2 Å². The Morgan fingerprint density at radius 2 is 1.69 bits per heavy atom. The van der Waals surface area contributed by atoms with Crippen molar-refractivity contribution in [3.8, 4) is 0 Å². The van der Waals surface area contributed by atoms with Crippen molar-refractivity contribution in [3.05, 3.63) is 65.5 Å². The van der Waals surface area contributed by atoms with Crippen LogP contribution < -0.4 is 0 Å². The molecule has 1 saturated heterocycles. The molecule has 2 amide bonds. The average molecular weight is 492 g/mol. The monoisotopic (exact) mass is 491 g/mol. The molecule has 10 heteroatoms. The highest BCUT2D eigenvalue weighted by atomic mass is 19.4. The number of likely N-dealkylation sites (tertiary alicyclic amines) is 1. The van der Waals surface area contributed by atoms with Crippen LogP contribution in [0.2, 0.25) is 0 Å². The second kappa shape index (κ2) is 10.5. The second-order valence-corrected chi connectivity index (χ2v) is 9.07. The van der Waals surface area contributed by atoms with Crippen LogP contribution in [-0.2, 0) is 15.0 Å². The van der Waals surface area contributed by atoms with E-state index < -0.39 is 12.1 Å². The Balaban J connectivity index is 0.000000429.